The average Bonchev–Trinajstić information content (AvgIpc) is 2.88. The molecule has 4 heteroatoms. The first-order valence-electron chi connectivity index (χ1n) is 5.93. The highest BCUT2D eigenvalue weighted by molar-refractivity contribution is 6.01. The van der Waals surface area contributed by atoms with Crippen LogP contribution in [0.15, 0.2) is 35.9 Å². The van der Waals surface area contributed by atoms with Crippen LogP contribution in [0.2, 0.25) is 0 Å². The van der Waals surface area contributed by atoms with Crippen molar-refractivity contribution in [1.29, 1.82) is 0 Å². The van der Waals surface area contributed by atoms with E-state index in [0.717, 1.165) is 24.2 Å². The molecule has 1 aliphatic heterocycles. The normalized spacial score (nSPS) is 14.2. The highest BCUT2D eigenvalue weighted by Crippen LogP contribution is 2.11. The average molecular weight is 244 g/mol. The zero-order valence-electron chi connectivity index (χ0n) is 10.3. The van der Waals surface area contributed by atoms with Crippen LogP contribution < -0.4 is 5.32 Å². The molecule has 18 heavy (non-hydrogen) atoms. The van der Waals surface area contributed by atoms with Crippen molar-refractivity contribution in [2.24, 2.45) is 0 Å². The molecule has 0 bridgehead atoms. The Hall–Kier alpha value is -1.94. The molecule has 1 heterocycles. The minimum atomic E-state index is -0.240. The summed E-state index contributed by atoms with van der Waals surface area (Å²) in [6, 6.07) is 7.29. The molecule has 0 fully saturated rings. The van der Waals surface area contributed by atoms with E-state index in [1.807, 2.05) is 25.1 Å². The smallest absolute Gasteiger partial charge is 0.260 e. The Labute approximate surface area is 106 Å². The molecule has 0 spiro atoms. The van der Waals surface area contributed by atoms with Crippen LogP contribution >= 0.6 is 0 Å². The summed E-state index contributed by atoms with van der Waals surface area (Å²) in [5.74, 6) is -0.240. The molecule has 2 amide bonds. The van der Waals surface area contributed by atoms with Crippen LogP contribution in [-0.4, -0.2) is 36.9 Å². The molecule has 0 aliphatic carbocycles. The molecule has 2 rings (SSSR count). The molecule has 0 saturated heterocycles. The van der Waals surface area contributed by atoms with Gasteiger partial charge in [-0.1, -0.05) is 24.3 Å². The third-order valence-corrected chi connectivity index (χ3v) is 3.02. The van der Waals surface area contributed by atoms with Crippen molar-refractivity contribution in [2.75, 3.05) is 19.6 Å². The van der Waals surface area contributed by atoms with E-state index in [2.05, 4.69) is 5.32 Å². The van der Waals surface area contributed by atoms with Crippen molar-refractivity contribution in [3.8, 4) is 0 Å². The van der Waals surface area contributed by atoms with Crippen molar-refractivity contribution < 1.29 is 9.59 Å². The van der Waals surface area contributed by atoms with E-state index in [1.165, 1.54) is 4.90 Å². The van der Waals surface area contributed by atoms with Crippen LogP contribution in [0.3, 0.4) is 0 Å². The van der Waals surface area contributed by atoms with Crippen LogP contribution in [0.25, 0.3) is 0 Å². The molecular formula is C14H16N2O2. The molecule has 1 aliphatic rings. The van der Waals surface area contributed by atoms with Gasteiger partial charge in [0.2, 0.25) is 6.41 Å². The van der Waals surface area contributed by atoms with E-state index in [0.29, 0.717) is 18.5 Å². The molecule has 1 N–H and O–H groups in total. The Morgan fingerprint density at radius 1 is 1.44 bits per heavy atom. The van der Waals surface area contributed by atoms with Gasteiger partial charge in [-0.2, -0.15) is 0 Å². The maximum Gasteiger partial charge on any atom is 0.260 e. The number of nitrogens with zero attached hydrogens (tertiary/aromatic N) is 1. The second kappa shape index (κ2) is 5.60. The van der Waals surface area contributed by atoms with E-state index < -0.39 is 0 Å². The fourth-order valence-electron chi connectivity index (χ4n) is 1.99. The lowest BCUT2D eigenvalue weighted by atomic mass is 10.1. The number of benzene rings is 1. The number of imide groups is 1. The van der Waals surface area contributed by atoms with Crippen LogP contribution in [0.4, 0.5) is 0 Å². The Morgan fingerprint density at radius 2 is 2.22 bits per heavy atom. The van der Waals surface area contributed by atoms with Crippen LogP contribution in [-0.2, 0) is 4.79 Å². The zero-order chi connectivity index (χ0) is 13.0. The minimum Gasteiger partial charge on any atom is -0.309 e. The Kier molecular flexibility index (Phi) is 3.89. The van der Waals surface area contributed by atoms with Crippen molar-refractivity contribution in [3.05, 3.63) is 47.0 Å². The lowest BCUT2D eigenvalue weighted by Crippen LogP contribution is -2.32. The number of hydrogen-bond donors (Lipinski definition) is 1. The van der Waals surface area contributed by atoms with Gasteiger partial charge in [-0.3, -0.25) is 14.5 Å². The van der Waals surface area contributed by atoms with Gasteiger partial charge >= 0.3 is 0 Å². The lowest BCUT2D eigenvalue weighted by molar-refractivity contribution is -0.115. The summed E-state index contributed by atoms with van der Waals surface area (Å²) in [5.41, 5.74) is 2.54. The third-order valence-electron chi connectivity index (χ3n) is 3.02. The Balaban J connectivity index is 2.15. The van der Waals surface area contributed by atoms with Crippen molar-refractivity contribution in [1.82, 2.24) is 10.2 Å². The number of rotatable bonds is 4. The van der Waals surface area contributed by atoms with Crippen LogP contribution in [0.5, 0.6) is 0 Å². The first-order valence-corrected chi connectivity index (χ1v) is 5.93. The second-order valence-corrected chi connectivity index (χ2v) is 4.35. The summed E-state index contributed by atoms with van der Waals surface area (Å²) in [6.07, 6.45) is 2.62. The summed E-state index contributed by atoms with van der Waals surface area (Å²) in [5, 5.41) is 3.15. The van der Waals surface area contributed by atoms with E-state index in [1.54, 1.807) is 12.1 Å². The van der Waals surface area contributed by atoms with Gasteiger partial charge in [0.25, 0.3) is 5.91 Å². The van der Waals surface area contributed by atoms with Gasteiger partial charge in [0.1, 0.15) is 0 Å². The summed E-state index contributed by atoms with van der Waals surface area (Å²) in [6.45, 7) is 3.78. The van der Waals surface area contributed by atoms with Gasteiger partial charge in [-0.05, 0) is 24.1 Å². The number of carbonyl (C=O) groups excluding carboxylic acids is 2. The highest BCUT2D eigenvalue weighted by Gasteiger charge is 2.18. The molecule has 0 radical (unpaired) electrons. The minimum absolute atomic E-state index is 0.240. The molecule has 0 aromatic heterocycles. The Bertz CT molecular complexity index is 494. The first-order chi connectivity index (χ1) is 8.72. The lowest BCUT2D eigenvalue weighted by Gasteiger charge is -2.17. The van der Waals surface area contributed by atoms with E-state index in [-0.39, 0.29) is 5.91 Å². The van der Waals surface area contributed by atoms with Gasteiger partial charge in [-0.25, -0.2) is 0 Å². The maximum atomic E-state index is 12.2. The van der Waals surface area contributed by atoms with E-state index >= 15 is 0 Å². The fourth-order valence-corrected chi connectivity index (χ4v) is 1.99. The first kappa shape index (κ1) is 12.5. The van der Waals surface area contributed by atoms with E-state index in [4.69, 9.17) is 0 Å². The van der Waals surface area contributed by atoms with Crippen molar-refractivity contribution >= 4 is 12.3 Å². The number of aryl methyl sites for hydroxylation is 1. The summed E-state index contributed by atoms with van der Waals surface area (Å²) in [4.78, 5) is 24.5. The fraction of sp³-hybridized carbons (Fsp3) is 0.286. The van der Waals surface area contributed by atoms with Gasteiger partial charge in [0.15, 0.2) is 0 Å². The molecule has 1 aromatic carbocycles. The van der Waals surface area contributed by atoms with Gasteiger partial charge in [-0.15, -0.1) is 0 Å². The van der Waals surface area contributed by atoms with Crippen LogP contribution in [0.1, 0.15) is 15.9 Å². The standard InChI is InChI=1S/C14H16N2O2/c1-11-4-2-3-5-13(11)14(18)16(10-17)9-12-6-7-15-8-12/h2-6,10,15H,7-9H2,1H3. The number of carbonyl (C=O) groups is 2. The molecule has 4 nitrogen and oxygen atoms in total. The molecular weight excluding hydrogens is 228 g/mol. The van der Waals surface area contributed by atoms with Crippen LogP contribution in [0, 0.1) is 6.92 Å². The topological polar surface area (TPSA) is 49.4 Å². The molecule has 0 unspecified atom stereocenters. The molecule has 1 aromatic rings. The largest absolute Gasteiger partial charge is 0.309 e. The third kappa shape index (κ3) is 2.65. The summed E-state index contributed by atoms with van der Waals surface area (Å²) < 4.78 is 0. The predicted octanol–water partition coefficient (Wildman–Crippen LogP) is 1.12. The molecule has 94 valence electrons. The van der Waals surface area contributed by atoms with Crippen molar-refractivity contribution in [2.45, 2.75) is 6.92 Å². The van der Waals surface area contributed by atoms with Gasteiger partial charge in [0, 0.05) is 18.7 Å². The monoisotopic (exact) mass is 244 g/mol. The SMILES string of the molecule is Cc1ccccc1C(=O)N(C=O)CC1=CCNC1. The predicted molar refractivity (Wildman–Crippen MR) is 69.2 cm³/mol. The zero-order valence-corrected chi connectivity index (χ0v) is 10.3. The number of hydrogen-bond acceptors (Lipinski definition) is 3. The Morgan fingerprint density at radius 3 is 2.83 bits per heavy atom. The summed E-state index contributed by atoms with van der Waals surface area (Å²) in [7, 11) is 0. The van der Waals surface area contributed by atoms with Gasteiger partial charge < -0.3 is 5.32 Å². The van der Waals surface area contributed by atoms with Gasteiger partial charge in [0.05, 0.1) is 6.54 Å². The molecule has 0 atom stereocenters. The number of amides is 2. The maximum absolute atomic E-state index is 12.2. The number of nitrogens with one attached hydrogen (secondary N) is 1. The summed E-state index contributed by atoms with van der Waals surface area (Å²) >= 11 is 0. The van der Waals surface area contributed by atoms with Crippen molar-refractivity contribution in [3.63, 3.8) is 0 Å². The molecule has 0 saturated carbocycles. The van der Waals surface area contributed by atoms with E-state index in [9.17, 15) is 9.59 Å². The highest BCUT2D eigenvalue weighted by atomic mass is 16.2. The second-order valence-electron chi connectivity index (χ2n) is 4.35. The quantitative estimate of drug-likeness (QED) is 0.638.